The molecule has 0 bridgehead atoms. The number of hydrogen-bond donors (Lipinski definition) is 2. The lowest BCUT2D eigenvalue weighted by molar-refractivity contribution is -0.338. The largest absolute Gasteiger partial charge is 0.388 e. The van der Waals surface area contributed by atoms with Gasteiger partial charge in [0, 0.05) is 55.0 Å². The van der Waals surface area contributed by atoms with Crippen molar-refractivity contribution in [1.29, 1.82) is 0 Å². The molecule has 1 aromatic rings. The van der Waals surface area contributed by atoms with Crippen LogP contribution in [0.5, 0.6) is 0 Å². The quantitative estimate of drug-likeness (QED) is 0.324. The van der Waals surface area contributed by atoms with Crippen LogP contribution < -0.4 is 4.90 Å². The second-order valence-corrected chi connectivity index (χ2v) is 18.9. The lowest BCUT2D eigenvalue weighted by Gasteiger charge is -2.69. The van der Waals surface area contributed by atoms with Crippen LogP contribution in [-0.4, -0.2) is 78.8 Å². The van der Waals surface area contributed by atoms with E-state index in [-0.39, 0.29) is 27.8 Å². The molecule has 2 saturated heterocycles. The Labute approximate surface area is 286 Å². The molecular weight excluding hydrogens is 610 g/mol. The molecule has 8 heteroatoms. The Morgan fingerprint density at radius 3 is 2.55 bits per heavy atom. The molecule has 3 heterocycles. The van der Waals surface area contributed by atoms with E-state index in [4.69, 9.17) is 18.9 Å². The summed E-state index contributed by atoms with van der Waals surface area (Å²) in [5.74, 6) is 0.772. The van der Waals surface area contributed by atoms with Gasteiger partial charge in [0.1, 0.15) is 0 Å². The van der Waals surface area contributed by atoms with E-state index in [2.05, 4.69) is 70.1 Å². The van der Waals surface area contributed by atoms with Crippen LogP contribution >= 0.6 is 11.8 Å². The molecule has 6 fully saturated rings. The molecule has 8 rings (SSSR count). The smallest absolute Gasteiger partial charge is 0.171 e. The van der Waals surface area contributed by atoms with Gasteiger partial charge >= 0.3 is 0 Å². The molecule has 2 N–H and O–H groups in total. The molecule has 0 radical (unpaired) electrons. The summed E-state index contributed by atoms with van der Waals surface area (Å²) >= 11 is 1.98. The van der Waals surface area contributed by atoms with Crippen LogP contribution in [0.4, 0.5) is 5.69 Å². The van der Waals surface area contributed by atoms with Gasteiger partial charge in [-0.2, -0.15) is 0 Å². The SMILES string of the molecule is CN(C)c1ccc2c(c1)S[C@]13CCC4(C[C@]1(O)CC[C@@H]1C3[C@@H]2C[C@@]2(C)[C@H]1CC[C@@]2(O)/C=C\COC1CCCCO1)OCC(C)(C)CO4. The number of anilines is 1. The highest BCUT2D eigenvalue weighted by Gasteiger charge is 2.74. The molecule has 47 heavy (non-hydrogen) atoms. The molecule has 1 aromatic carbocycles. The lowest BCUT2D eigenvalue weighted by Crippen LogP contribution is -2.72. The standard InChI is InChI=1S/C39H57NO6S/c1-34(2)24-45-38(46-25-34)17-18-39-33-28(12-15-37(39,42)23-38)30-13-16-36(41,14-8-20-44-32-9-6-7-19-43-32)35(30,3)22-29(33)27-11-10-26(40(4)5)21-31(27)47-39/h8,10-11,14,21,28-30,32-33,41-42H,6-7,9,12-13,15-20,22-25H2,1-5H3/b14-8-/t28-,29+,30-,32?,33?,35-,36-,37+,39-/m0/s1. The van der Waals surface area contributed by atoms with Crippen LogP contribution in [0.1, 0.15) is 103 Å². The highest BCUT2D eigenvalue weighted by molar-refractivity contribution is 8.01. The zero-order valence-electron chi connectivity index (χ0n) is 29.3. The first-order valence-electron chi connectivity index (χ1n) is 18.5. The summed E-state index contributed by atoms with van der Waals surface area (Å²) in [7, 11) is 4.21. The van der Waals surface area contributed by atoms with Crippen LogP contribution in [0, 0.1) is 28.6 Å². The van der Waals surface area contributed by atoms with Gasteiger partial charge in [-0.05, 0) is 99.2 Å². The molecule has 2 unspecified atom stereocenters. The highest BCUT2D eigenvalue weighted by Crippen LogP contribution is 2.76. The van der Waals surface area contributed by atoms with E-state index < -0.39 is 17.0 Å². The van der Waals surface area contributed by atoms with Gasteiger partial charge in [0.05, 0.1) is 35.8 Å². The zero-order chi connectivity index (χ0) is 32.9. The molecule has 9 atom stereocenters. The van der Waals surface area contributed by atoms with Crippen LogP contribution in [0.25, 0.3) is 0 Å². The Morgan fingerprint density at radius 1 is 1.00 bits per heavy atom. The van der Waals surface area contributed by atoms with Gasteiger partial charge in [0.25, 0.3) is 0 Å². The maximum absolute atomic E-state index is 13.1. The summed E-state index contributed by atoms with van der Waals surface area (Å²) in [6.07, 6.45) is 13.9. The highest BCUT2D eigenvalue weighted by atomic mass is 32.2. The second-order valence-electron chi connectivity index (χ2n) is 17.5. The van der Waals surface area contributed by atoms with Gasteiger partial charge in [-0.25, -0.2) is 0 Å². The lowest BCUT2D eigenvalue weighted by atomic mass is 9.43. The predicted octanol–water partition coefficient (Wildman–Crippen LogP) is 7.04. The Bertz CT molecular complexity index is 1380. The summed E-state index contributed by atoms with van der Waals surface area (Å²) in [6.45, 7) is 9.33. The molecule has 0 aromatic heterocycles. The number of aliphatic hydroxyl groups is 2. The van der Waals surface area contributed by atoms with Gasteiger partial charge < -0.3 is 34.1 Å². The average molecular weight is 668 g/mol. The van der Waals surface area contributed by atoms with Gasteiger partial charge in [0.15, 0.2) is 12.1 Å². The molecule has 7 aliphatic rings. The van der Waals surface area contributed by atoms with E-state index in [1.165, 1.54) is 16.1 Å². The van der Waals surface area contributed by atoms with Crippen molar-refractivity contribution in [1.82, 2.24) is 0 Å². The van der Waals surface area contributed by atoms with E-state index in [9.17, 15) is 10.2 Å². The van der Waals surface area contributed by atoms with Crippen molar-refractivity contribution in [2.45, 2.75) is 130 Å². The number of rotatable bonds is 5. The first kappa shape index (κ1) is 33.0. The third kappa shape index (κ3) is 5.12. The fourth-order valence-electron chi connectivity index (χ4n) is 11.4. The monoisotopic (exact) mass is 667 g/mol. The molecule has 3 aliphatic heterocycles. The van der Waals surface area contributed by atoms with Crippen molar-refractivity contribution in [3.63, 3.8) is 0 Å². The van der Waals surface area contributed by atoms with Gasteiger partial charge in [-0.15, -0.1) is 11.8 Å². The molecule has 7 nitrogen and oxygen atoms in total. The van der Waals surface area contributed by atoms with Crippen molar-refractivity contribution in [2.75, 3.05) is 45.4 Å². The summed E-state index contributed by atoms with van der Waals surface area (Å²) in [6, 6.07) is 6.99. The van der Waals surface area contributed by atoms with E-state index >= 15 is 0 Å². The maximum Gasteiger partial charge on any atom is 0.171 e. The molecular formula is C39H57NO6S. The van der Waals surface area contributed by atoms with Crippen LogP contribution in [0.15, 0.2) is 35.2 Å². The molecule has 2 spiro atoms. The Kier molecular flexibility index (Phi) is 8.04. The minimum Gasteiger partial charge on any atom is -0.388 e. The van der Waals surface area contributed by atoms with Gasteiger partial charge in [0.2, 0.25) is 0 Å². The first-order chi connectivity index (χ1) is 22.3. The summed E-state index contributed by atoms with van der Waals surface area (Å²) < 4.78 is 24.6. The zero-order valence-corrected chi connectivity index (χ0v) is 30.1. The second kappa shape index (κ2) is 11.4. The minimum absolute atomic E-state index is 0.00974. The van der Waals surface area contributed by atoms with Crippen molar-refractivity contribution in [3.8, 4) is 0 Å². The van der Waals surface area contributed by atoms with Gasteiger partial charge in [-0.3, -0.25) is 0 Å². The summed E-state index contributed by atoms with van der Waals surface area (Å²) in [5.41, 5.74) is 0.561. The number of thioether (sulfide) groups is 1. The van der Waals surface area contributed by atoms with Crippen molar-refractivity contribution in [3.05, 3.63) is 35.9 Å². The Balaban J connectivity index is 1.14. The molecule has 0 amide bonds. The first-order valence-corrected chi connectivity index (χ1v) is 19.3. The number of nitrogens with zero attached hydrogens (tertiary/aromatic N) is 1. The Morgan fingerprint density at radius 2 is 1.81 bits per heavy atom. The van der Waals surface area contributed by atoms with E-state index in [1.54, 1.807) is 0 Å². The van der Waals surface area contributed by atoms with E-state index in [1.807, 2.05) is 11.8 Å². The van der Waals surface area contributed by atoms with Crippen LogP contribution in [0.2, 0.25) is 0 Å². The number of benzene rings is 1. The molecule has 4 aliphatic carbocycles. The van der Waals surface area contributed by atoms with Crippen molar-refractivity contribution >= 4 is 17.4 Å². The van der Waals surface area contributed by atoms with E-state index in [0.29, 0.717) is 44.0 Å². The number of ether oxygens (including phenoxy) is 4. The third-order valence-electron chi connectivity index (χ3n) is 13.9. The topological polar surface area (TPSA) is 80.6 Å². The summed E-state index contributed by atoms with van der Waals surface area (Å²) in [5, 5.41) is 25.6. The maximum atomic E-state index is 13.1. The van der Waals surface area contributed by atoms with Gasteiger partial charge in [-0.1, -0.05) is 39.0 Å². The molecule has 4 saturated carbocycles. The minimum atomic E-state index is -0.887. The van der Waals surface area contributed by atoms with Crippen molar-refractivity contribution in [2.24, 2.45) is 28.6 Å². The normalized spacial score (nSPS) is 44.8. The Hall–Kier alpha value is -1.13. The molecule has 260 valence electrons. The van der Waals surface area contributed by atoms with Crippen LogP contribution in [0.3, 0.4) is 0 Å². The predicted molar refractivity (Wildman–Crippen MR) is 185 cm³/mol. The van der Waals surface area contributed by atoms with E-state index in [0.717, 1.165) is 70.8 Å². The fraction of sp³-hybridized carbons (Fsp3) is 0.795. The number of hydrogen-bond acceptors (Lipinski definition) is 8. The van der Waals surface area contributed by atoms with Crippen LogP contribution in [-0.2, 0) is 18.9 Å². The third-order valence-corrected chi connectivity index (χ3v) is 15.7. The number of fused-ring (bicyclic) bond motifs is 4. The average Bonchev–Trinajstić information content (AvgIpc) is 3.31. The van der Waals surface area contributed by atoms with Crippen molar-refractivity contribution < 1.29 is 29.2 Å². The summed E-state index contributed by atoms with van der Waals surface area (Å²) in [4.78, 5) is 3.49. The fourth-order valence-corrected chi connectivity index (χ4v) is 13.3.